The minimum absolute atomic E-state index is 0.0230. The third-order valence-corrected chi connectivity index (χ3v) is 19.5. The molecule has 0 radical (unpaired) electrons. The molecule has 628 valence electrons. The molecule has 20 nitrogen and oxygen atoms in total. The van der Waals surface area contributed by atoms with E-state index in [9.17, 15) is 29.1 Å². The summed E-state index contributed by atoms with van der Waals surface area (Å²) in [6.45, 7) is 24.6. The van der Waals surface area contributed by atoms with Crippen molar-refractivity contribution in [2.75, 3.05) is 43.5 Å². The van der Waals surface area contributed by atoms with Gasteiger partial charge in [0.1, 0.15) is 62.1 Å². The van der Waals surface area contributed by atoms with Crippen molar-refractivity contribution in [2.45, 2.75) is 69.3 Å². The Hall–Kier alpha value is -12.7. The maximum absolute atomic E-state index is 13.8. The quantitative estimate of drug-likeness (QED) is 0.0184. The predicted molar refractivity (Wildman–Crippen MR) is 493 cm³/mol. The molecule has 6 aromatic heterocycles. The minimum Gasteiger partial charge on any atom is -0.489 e. The number of carbonyl (C=O) groups is 3. The molecule has 0 fully saturated rings. The number of hydrogen-bond acceptors (Lipinski definition) is 16. The zero-order valence-corrected chi connectivity index (χ0v) is 72.0. The molecule has 0 bridgehead atoms. The van der Waals surface area contributed by atoms with Gasteiger partial charge in [-0.15, -0.1) is 44.5 Å². The van der Waals surface area contributed by atoms with Crippen molar-refractivity contribution in [2.24, 2.45) is 0 Å². The van der Waals surface area contributed by atoms with Crippen LogP contribution in [0, 0.1) is 0 Å². The molecule has 0 saturated heterocycles. The van der Waals surface area contributed by atoms with Crippen molar-refractivity contribution in [3.63, 3.8) is 0 Å². The topological polar surface area (TPSA) is 234 Å². The van der Waals surface area contributed by atoms with E-state index in [0.29, 0.717) is 37.8 Å². The first kappa shape index (κ1) is 94.8. The van der Waals surface area contributed by atoms with Crippen molar-refractivity contribution < 1.29 is 37.9 Å². The largest absolute Gasteiger partial charge is 0.489 e. The second kappa shape index (κ2) is 52.4. The Morgan fingerprint density at radius 3 is 1.45 bits per heavy atom. The first-order valence-electron chi connectivity index (χ1n) is 38.8. The molecule has 12 aromatic rings. The Kier molecular flexibility index (Phi) is 40.7. The molecule has 122 heavy (non-hydrogen) atoms. The summed E-state index contributed by atoms with van der Waals surface area (Å²) in [7, 11) is 7.36. The van der Waals surface area contributed by atoms with Gasteiger partial charge in [0.15, 0.2) is 29.2 Å². The van der Waals surface area contributed by atoms with Gasteiger partial charge in [0.05, 0.1) is 17.1 Å². The smallest absolute Gasteiger partial charge is 0.278 e. The van der Waals surface area contributed by atoms with Crippen LogP contribution >= 0.6 is 48.9 Å². The molecule has 0 saturated carbocycles. The average molecular weight is 1780 g/mol. The molecule has 2 aliphatic rings. The summed E-state index contributed by atoms with van der Waals surface area (Å²) in [5.74, 6) is 0.293. The Labute approximate surface area is 737 Å². The van der Waals surface area contributed by atoms with Gasteiger partial charge in [0.25, 0.3) is 11.8 Å². The first-order chi connectivity index (χ1) is 59.5. The number of alkyl halides is 1. The van der Waals surface area contributed by atoms with Crippen LogP contribution in [0.4, 0.5) is 0 Å². The maximum Gasteiger partial charge on any atom is 0.278 e. The zero-order chi connectivity index (χ0) is 87.2. The fourth-order valence-electron chi connectivity index (χ4n) is 12.5. The molecule has 3 atom stereocenters. The van der Waals surface area contributed by atoms with E-state index < -0.39 is 15.3 Å². The molecule has 2 N–H and O–H groups in total. The van der Waals surface area contributed by atoms with E-state index >= 15 is 0 Å². The maximum atomic E-state index is 13.8. The number of aryl methyl sites for hydroxylation is 3. The van der Waals surface area contributed by atoms with Crippen LogP contribution in [-0.4, -0.2) is 99.5 Å². The van der Waals surface area contributed by atoms with E-state index in [1.165, 1.54) is 33.0 Å². The number of nitrogens with one attached hydrogen (secondary N) is 1. The zero-order valence-electron chi connectivity index (χ0n) is 67.3. The number of para-hydroxylation sites is 1. The Bertz CT molecular complexity index is 5380. The molecule has 25 heteroatoms. The van der Waals surface area contributed by atoms with Gasteiger partial charge in [0, 0.05) is 93.8 Å². The fourth-order valence-corrected chi connectivity index (χ4v) is 13.3. The molecular weight excluding hydrogens is 1680 g/mol. The van der Waals surface area contributed by atoms with Crippen LogP contribution in [-0.2, 0) is 41.7 Å². The summed E-state index contributed by atoms with van der Waals surface area (Å²) in [6.07, 6.45) is 26.4. The lowest BCUT2D eigenvalue weighted by Gasteiger charge is -2.44. The second-order valence-corrected chi connectivity index (χ2v) is 30.4. The number of nitrogens with zero attached hydrogens (tertiary/aromatic N) is 9. The van der Waals surface area contributed by atoms with Crippen molar-refractivity contribution in [3.8, 4) is 17.2 Å². The van der Waals surface area contributed by atoms with Gasteiger partial charge in [-0.3, -0.25) is 58.3 Å². The number of hydrogen-bond donors (Lipinski definition) is 2. The van der Waals surface area contributed by atoms with Crippen LogP contribution in [0.3, 0.4) is 0 Å². The van der Waals surface area contributed by atoms with Gasteiger partial charge in [0.2, 0.25) is 20.1 Å². The van der Waals surface area contributed by atoms with Gasteiger partial charge in [-0.2, -0.15) is 0 Å². The molecule has 2 aliphatic heterocycles. The third kappa shape index (κ3) is 29.1. The number of halogens is 4. The molecule has 14 rings (SSSR count). The normalized spacial score (nSPS) is 12.1. The monoisotopic (exact) mass is 1780 g/mol. The molecule has 2 amide bonds. The molecule has 3 unspecified atom stereocenters. The highest BCUT2D eigenvalue weighted by Crippen LogP contribution is 2.36. The molecule has 6 aromatic carbocycles. The fraction of sp³-hybridized carbons (Fsp3) is 0.165. The van der Waals surface area contributed by atoms with Gasteiger partial charge in [-0.25, -0.2) is 4.21 Å². The summed E-state index contributed by atoms with van der Waals surface area (Å²) >= 11 is 9.94. The Morgan fingerprint density at radius 1 is 0.484 bits per heavy atom. The lowest BCUT2D eigenvalue weighted by atomic mass is 9.94. The van der Waals surface area contributed by atoms with E-state index in [4.69, 9.17) is 35.0 Å². The number of pyridine rings is 6. The van der Waals surface area contributed by atoms with E-state index in [1.54, 1.807) is 81.9 Å². The highest BCUT2D eigenvalue weighted by molar-refractivity contribution is 9.10. The SMILES string of the molecule is C=CCCc1ccccc1Br.C=CCCc1ccccc1C(O)c1ccccn1.C=CCCc1ccccc1C(c1ccccn1)N1CN(CC=C)C(=O)c2c(OCc3ccccc3)c(=O)ccn21.C=CCN1CNn2ccc(=O)c(OCc3ccccc3)c2C1=O.C=CCOc1ccccc1C(Cl)c1ccccn1.O=Cc1ccccn1.O=S(Cl)Cl. The van der Waals surface area contributed by atoms with E-state index in [1.807, 2.05) is 200 Å². The standard InChI is InChI=1S/C33H32N4O3.C17H17N3O3.C16H17NO.C15H14ClNO.C10H11Br.C6H5NO.Cl2OS/c1-3-5-15-26-16-9-10-17-27(26)30(28-18-11-12-20-34-28)37-24-35(21-4-2)33(39)31-32(29(38)19-22-36(31)37)40-23-25-13-7-6-8-14-25;1-2-9-19-12-18-20-10-8-14(21)16(15(20)17(19)22)23-11-13-6-4-3-5-7-13;1-2-3-8-13-9-4-5-10-14(13)16(18)15-11-6-7-12-17-15;1-2-11-18-14-9-4-3-7-12(14)15(16)13-8-5-6-10-17-13;1-2-3-6-9-7-4-5-8-10(9)11;8-5-6-3-1-2-4-7-6;1-4(2)3/h3-4,6-14,16-20,22,30H,1-2,5,15,21,23-24H2;2-8,10,18H,1,9,11-12H2;2,4-7,9-12,16,18H,1,3,8H2;2-10,15H,1,11H2;2,4-5,7-8H,1,3,6H2;1-5H;. The van der Waals surface area contributed by atoms with Crippen LogP contribution < -0.4 is 35.5 Å². The summed E-state index contributed by atoms with van der Waals surface area (Å²) in [5.41, 5.74) is 14.0. The van der Waals surface area contributed by atoms with E-state index in [0.717, 1.165) is 101 Å². The third-order valence-electron chi connectivity index (χ3n) is 18.3. The number of aliphatic hydroxyl groups is 1. The lowest BCUT2D eigenvalue weighted by molar-refractivity contribution is 0.0696. The minimum atomic E-state index is -1.67. The molecular formula is C97H96BrCl3N10O10S. The Morgan fingerprint density at radius 2 is 0.934 bits per heavy atom. The number of fused-ring (bicyclic) bond motifs is 2. The highest BCUT2D eigenvalue weighted by Gasteiger charge is 2.38. The van der Waals surface area contributed by atoms with Gasteiger partial charge >= 0.3 is 0 Å². The number of benzene rings is 6. The number of allylic oxidation sites excluding steroid dienone is 3. The van der Waals surface area contributed by atoms with Crippen LogP contribution in [0.25, 0.3) is 0 Å². The summed E-state index contributed by atoms with van der Waals surface area (Å²) in [4.78, 5) is 81.8. The van der Waals surface area contributed by atoms with E-state index in [2.05, 4.69) is 132 Å². The van der Waals surface area contributed by atoms with Gasteiger partial charge in [-0.1, -0.05) is 229 Å². The Balaban J connectivity index is 0.000000193. The van der Waals surface area contributed by atoms with Crippen LogP contribution in [0.2, 0.25) is 0 Å². The number of aliphatic hydroxyl groups excluding tert-OH is 1. The molecule has 0 spiro atoms. The number of aromatic nitrogens is 6. The van der Waals surface area contributed by atoms with Gasteiger partial charge in [-0.05, 0) is 138 Å². The van der Waals surface area contributed by atoms with E-state index in [-0.39, 0.29) is 76.9 Å². The predicted octanol–water partition coefficient (Wildman–Crippen LogP) is 19.6. The summed E-state index contributed by atoms with van der Waals surface area (Å²) in [6, 6.07) is 76.0. The van der Waals surface area contributed by atoms with Crippen molar-refractivity contribution in [1.29, 1.82) is 0 Å². The highest BCUT2D eigenvalue weighted by atomic mass is 79.9. The number of carbonyl (C=O) groups excluding carboxylic acids is 3. The number of amides is 2. The van der Waals surface area contributed by atoms with Crippen LogP contribution in [0.1, 0.15) is 130 Å². The van der Waals surface area contributed by atoms with Gasteiger partial charge < -0.3 is 34.5 Å². The average Bonchev–Trinajstić information content (AvgIpc) is 0.743. The van der Waals surface area contributed by atoms with Crippen molar-refractivity contribution in [3.05, 3.63) is 459 Å². The number of rotatable bonds is 30. The van der Waals surface area contributed by atoms with Crippen molar-refractivity contribution >= 4 is 76.2 Å². The summed E-state index contributed by atoms with van der Waals surface area (Å²) < 4.78 is 30.9. The van der Waals surface area contributed by atoms with Crippen LogP contribution in [0.15, 0.2) is 370 Å². The second-order valence-electron chi connectivity index (χ2n) is 26.6. The van der Waals surface area contributed by atoms with Crippen molar-refractivity contribution in [1.82, 2.24) is 39.1 Å². The number of ether oxygens (including phenoxy) is 3. The lowest BCUT2D eigenvalue weighted by Crippen LogP contribution is -2.55. The number of aldehydes is 1. The molecule has 8 heterocycles. The molecule has 0 aliphatic carbocycles. The van der Waals surface area contributed by atoms with Crippen LogP contribution in [0.5, 0.6) is 17.2 Å². The first-order valence-corrected chi connectivity index (χ1v) is 42.9. The summed E-state index contributed by atoms with van der Waals surface area (Å²) in [5, 5.41) is 12.1.